The van der Waals surface area contributed by atoms with E-state index in [9.17, 15) is 4.79 Å². The SMILES string of the molecule is COc1ccc(OCCCC(=O)NCCCc2cccs2)cc1. The summed E-state index contributed by atoms with van der Waals surface area (Å²) in [4.78, 5) is 13.1. The molecule has 0 bridgehead atoms. The molecule has 1 amide bonds. The Morgan fingerprint density at radius 3 is 2.61 bits per heavy atom. The average molecular weight is 333 g/mol. The first-order valence-electron chi connectivity index (χ1n) is 7.84. The molecule has 1 N–H and O–H groups in total. The summed E-state index contributed by atoms with van der Waals surface area (Å²) in [6, 6.07) is 11.6. The maximum absolute atomic E-state index is 11.7. The van der Waals surface area contributed by atoms with Crippen molar-refractivity contribution in [3.05, 3.63) is 46.7 Å². The minimum absolute atomic E-state index is 0.0921. The number of carbonyl (C=O) groups is 1. The number of rotatable bonds is 10. The van der Waals surface area contributed by atoms with Crippen molar-refractivity contribution in [2.24, 2.45) is 0 Å². The Balaban J connectivity index is 1.50. The summed E-state index contributed by atoms with van der Waals surface area (Å²) in [7, 11) is 1.63. The third-order valence-electron chi connectivity index (χ3n) is 3.38. The van der Waals surface area contributed by atoms with Crippen LogP contribution in [0.15, 0.2) is 41.8 Å². The van der Waals surface area contributed by atoms with E-state index in [1.807, 2.05) is 24.3 Å². The van der Waals surface area contributed by atoms with Gasteiger partial charge < -0.3 is 14.8 Å². The summed E-state index contributed by atoms with van der Waals surface area (Å²) >= 11 is 1.76. The number of hydrogen-bond donors (Lipinski definition) is 1. The van der Waals surface area contributed by atoms with Gasteiger partial charge in [-0.25, -0.2) is 0 Å². The molecule has 0 spiro atoms. The molecule has 1 heterocycles. The zero-order chi connectivity index (χ0) is 16.3. The molecular weight excluding hydrogens is 310 g/mol. The first-order valence-corrected chi connectivity index (χ1v) is 8.72. The monoisotopic (exact) mass is 333 g/mol. The van der Waals surface area contributed by atoms with Gasteiger partial charge in [0.1, 0.15) is 11.5 Å². The number of ether oxygens (including phenoxy) is 2. The molecule has 0 aliphatic carbocycles. The normalized spacial score (nSPS) is 10.3. The molecule has 4 nitrogen and oxygen atoms in total. The summed E-state index contributed by atoms with van der Waals surface area (Å²) < 4.78 is 10.7. The average Bonchev–Trinajstić information content (AvgIpc) is 3.09. The summed E-state index contributed by atoms with van der Waals surface area (Å²) in [5.74, 6) is 1.69. The summed E-state index contributed by atoms with van der Waals surface area (Å²) in [5.41, 5.74) is 0. The van der Waals surface area contributed by atoms with Crippen LogP contribution >= 0.6 is 11.3 Å². The van der Waals surface area contributed by atoms with Crippen molar-refractivity contribution >= 4 is 17.2 Å². The Hall–Kier alpha value is -2.01. The number of aryl methyl sites for hydroxylation is 1. The maximum Gasteiger partial charge on any atom is 0.220 e. The first kappa shape index (κ1) is 17.3. The van der Waals surface area contributed by atoms with Gasteiger partial charge in [-0.2, -0.15) is 0 Å². The lowest BCUT2D eigenvalue weighted by atomic mass is 10.2. The molecule has 23 heavy (non-hydrogen) atoms. The molecule has 2 rings (SSSR count). The zero-order valence-electron chi connectivity index (χ0n) is 13.4. The van der Waals surface area contributed by atoms with Gasteiger partial charge in [0, 0.05) is 17.8 Å². The van der Waals surface area contributed by atoms with Gasteiger partial charge in [-0.1, -0.05) is 6.07 Å². The Morgan fingerprint density at radius 2 is 1.91 bits per heavy atom. The molecule has 0 radical (unpaired) electrons. The topological polar surface area (TPSA) is 47.6 Å². The van der Waals surface area contributed by atoms with Crippen molar-refractivity contribution in [2.75, 3.05) is 20.3 Å². The van der Waals surface area contributed by atoms with Crippen LogP contribution in [0.25, 0.3) is 0 Å². The summed E-state index contributed by atoms with van der Waals surface area (Å²) in [6.07, 6.45) is 3.21. The van der Waals surface area contributed by atoms with Crippen molar-refractivity contribution in [3.8, 4) is 11.5 Å². The Bertz CT molecular complexity index is 566. The molecule has 0 fully saturated rings. The highest BCUT2D eigenvalue weighted by molar-refractivity contribution is 7.09. The second-order valence-corrected chi connectivity index (χ2v) is 6.19. The van der Waals surface area contributed by atoms with Crippen LogP contribution in [0.2, 0.25) is 0 Å². The van der Waals surface area contributed by atoms with E-state index < -0.39 is 0 Å². The standard InChI is InChI=1S/C18H23NO3S/c1-21-15-8-10-16(11-9-15)22-13-3-7-18(20)19-12-2-5-17-6-4-14-23-17/h4,6,8-11,14H,2-3,5,7,12-13H2,1H3,(H,19,20). The molecular formula is C18H23NO3S. The zero-order valence-corrected chi connectivity index (χ0v) is 14.2. The van der Waals surface area contributed by atoms with E-state index >= 15 is 0 Å². The van der Waals surface area contributed by atoms with Gasteiger partial charge in [0.2, 0.25) is 5.91 Å². The number of benzene rings is 1. The molecule has 2 aromatic rings. The van der Waals surface area contributed by atoms with Crippen LogP contribution in [0, 0.1) is 0 Å². The van der Waals surface area contributed by atoms with Crippen molar-refractivity contribution in [2.45, 2.75) is 25.7 Å². The minimum atomic E-state index is 0.0921. The highest BCUT2D eigenvalue weighted by atomic mass is 32.1. The van der Waals surface area contributed by atoms with Crippen molar-refractivity contribution in [1.82, 2.24) is 5.32 Å². The van der Waals surface area contributed by atoms with E-state index in [-0.39, 0.29) is 5.91 Å². The van der Waals surface area contributed by atoms with Gasteiger partial charge in [0.15, 0.2) is 0 Å². The lowest BCUT2D eigenvalue weighted by Crippen LogP contribution is -2.24. The fraction of sp³-hybridized carbons (Fsp3) is 0.389. The second kappa shape index (κ2) is 9.90. The number of nitrogens with one attached hydrogen (secondary N) is 1. The van der Waals surface area contributed by atoms with Crippen molar-refractivity contribution < 1.29 is 14.3 Å². The van der Waals surface area contributed by atoms with Gasteiger partial charge in [-0.15, -0.1) is 11.3 Å². The molecule has 0 aliphatic heterocycles. The van der Waals surface area contributed by atoms with Crippen molar-refractivity contribution in [3.63, 3.8) is 0 Å². The highest BCUT2D eigenvalue weighted by Gasteiger charge is 2.02. The number of methoxy groups -OCH3 is 1. The molecule has 0 aliphatic rings. The third kappa shape index (κ3) is 6.74. The fourth-order valence-electron chi connectivity index (χ4n) is 2.13. The maximum atomic E-state index is 11.7. The largest absolute Gasteiger partial charge is 0.497 e. The Morgan fingerprint density at radius 1 is 1.13 bits per heavy atom. The number of carbonyl (C=O) groups excluding carboxylic acids is 1. The Labute approximate surface area is 141 Å². The second-order valence-electron chi connectivity index (χ2n) is 5.16. The van der Waals surface area contributed by atoms with E-state index in [1.54, 1.807) is 18.4 Å². The molecule has 1 aromatic heterocycles. The van der Waals surface area contributed by atoms with Crippen LogP contribution in [0.5, 0.6) is 11.5 Å². The molecule has 1 aromatic carbocycles. The van der Waals surface area contributed by atoms with Crippen LogP contribution in [0.3, 0.4) is 0 Å². The molecule has 0 saturated heterocycles. The predicted octanol–water partition coefficient (Wildman–Crippen LogP) is 3.66. The van der Waals surface area contributed by atoms with E-state index in [0.29, 0.717) is 19.4 Å². The number of hydrogen-bond acceptors (Lipinski definition) is 4. The summed E-state index contributed by atoms with van der Waals surface area (Å²) in [5, 5.41) is 5.03. The predicted molar refractivity (Wildman–Crippen MR) is 93.4 cm³/mol. The molecule has 0 unspecified atom stereocenters. The lowest BCUT2D eigenvalue weighted by molar-refractivity contribution is -0.121. The van der Waals surface area contributed by atoms with E-state index in [0.717, 1.165) is 30.9 Å². The van der Waals surface area contributed by atoms with Crippen LogP contribution in [-0.2, 0) is 11.2 Å². The van der Waals surface area contributed by atoms with Crippen LogP contribution in [0.1, 0.15) is 24.1 Å². The van der Waals surface area contributed by atoms with Gasteiger partial charge in [-0.3, -0.25) is 4.79 Å². The van der Waals surface area contributed by atoms with Gasteiger partial charge in [0.25, 0.3) is 0 Å². The molecule has 124 valence electrons. The van der Waals surface area contributed by atoms with E-state index in [4.69, 9.17) is 9.47 Å². The number of thiophene rings is 1. The first-order chi connectivity index (χ1) is 11.3. The molecule has 0 atom stereocenters. The molecule has 5 heteroatoms. The van der Waals surface area contributed by atoms with Gasteiger partial charge in [0.05, 0.1) is 13.7 Å². The van der Waals surface area contributed by atoms with Crippen LogP contribution in [0.4, 0.5) is 0 Å². The van der Waals surface area contributed by atoms with Crippen LogP contribution in [-0.4, -0.2) is 26.2 Å². The third-order valence-corrected chi connectivity index (χ3v) is 4.31. The van der Waals surface area contributed by atoms with Gasteiger partial charge >= 0.3 is 0 Å². The van der Waals surface area contributed by atoms with Gasteiger partial charge in [-0.05, 0) is 55.0 Å². The minimum Gasteiger partial charge on any atom is -0.497 e. The van der Waals surface area contributed by atoms with E-state index in [1.165, 1.54) is 4.88 Å². The summed E-state index contributed by atoms with van der Waals surface area (Å²) in [6.45, 7) is 1.27. The quantitative estimate of drug-likeness (QED) is 0.675. The number of amides is 1. The lowest BCUT2D eigenvalue weighted by Gasteiger charge is -2.07. The Kier molecular flexibility index (Phi) is 7.46. The molecule has 0 saturated carbocycles. The highest BCUT2D eigenvalue weighted by Crippen LogP contribution is 2.17. The fourth-order valence-corrected chi connectivity index (χ4v) is 2.88. The van der Waals surface area contributed by atoms with Crippen LogP contribution < -0.4 is 14.8 Å². The van der Waals surface area contributed by atoms with E-state index in [2.05, 4.69) is 22.8 Å². The smallest absolute Gasteiger partial charge is 0.220 e. The van der Waals surface area contributed by atoms with Crippen molar-refractivity contribution in [1.29, 1.82) is 0 Å².